The minimum absolute atomic E-state index is 0.00413. The summed E-state index contributed by atoms with van der Waals surface area (Å²) in [7, 11) is 0. The Morgan fingerprint density at radius 1 is 0.968 bits per heavy atom. The molecular formula is C24H23N3O4. The van der Waals surface area contributed by atoms with Gasteiger partial charge in [0.05, 0.1) is 12.2 Å². The highest BCUT2D eigenvalue weighted by Gasteiger charge is 2.34. The van der Waals surface area contributed by atoms with E-state index in [2.05, 4.69) is 10.6 Å². The lowest BCUT2D eigenvalue weighted by molar-refractivity contribution is -0.128. The third-order valence-corrected chi connectivity index (χ3v) is 5.23. The van der Waals surface area contributed by atoms with Gasteiger partial charge in [-0.3, -0.25) is 14.4 Å². The monoisotopic (exact) mass is 417 g/mol. The zero-order chi connectivity index (χ0) is 21.6. The molecule has 1 saturated heterocycles. The smallest absolute Gasteiger partial charge is 0.291 e. The van der Waals surface area contributed by atoms with Crippen LogP contribution in [0, 0.1) is 5.92 Å². The maximum Gasteiger partial charge on any atom is 0.291 e. The molecule has 2 heterocycles. The molecule has 2 aromatic carbocycles. The van der Waals surface area contributed by atoms with Gasteiger partial charge in [-0.25, -0.2) is 0 Å². The second-order valence-electron chi connectivity index (χ2n) is 7.48. The zero-order valence-corrected chi connectivity index (χ0v) is 16.9. The van der Waals surface area contributed by atoms with Crippen LogP contribution in [0.5, 0.6) is 0 Å². The van der Waals surface area contributed by atoms with E-state index in [4.69, 9.17) is 4.42 Å². The largest absolute Gasteiger partial charge is 0.459 e. The molecule has 0 bridgehead atoms. The number of hydrogen-bond donors (Lipinski definition) is 2. The van der Waals surface area contributed by atoms with Gasteiger partial charge in [-0.15, -0.1) is 0 Å². The van der Waals surface area contributed by atoms with Crippen molar-refractivity contribution in [2.45, 2.75) is 12.8 Å². The molecule has 0 unspecified atom stereocenters. The van der Waals surface area contributed by atoms with E-state index in [1.54, 1.807) is 41.3 Å². The van der Waals surface area contributed by atoms with Crippen molar-refractivity contribution in [1.29, 1.82) is 0 Å². The van der Waals surface area contributed by atoms with Crippen molar-refractivity contribution in [1.82, 2.24) is 4.90 Å². The topological polar surface area (TPSA) is 91.7 Å². The first kappa shape index (κ1) is 20.4. The predicted molar refractivity (Wildman–Crippen MR) is 117 cm³/mol. The van der Waals surface area contributed by atoms with Gasteiger partial charge in [-0.2, -0.15) is 0 Å². The van der Waals surface area contributed by atoms with E-state index in [0.717, 1.165) is 12.0 Å². The molecule has 2 N–H and O–H groups in total. The standard InChI is InChI=1S/C24H23N3O4/c28-22-14-18(16-27(22)12-11-17-6-2-1-3-7-17)23(29)25-19-8-4-9-20(15-19)26-24(30)21-10-5-13-31-21/h1-10,13,15,18H,11-12,14,16H2,(H,25,29)(H,26,30)/t18-/m0/s1. The lowest BCUT2D eigenvalue weighted by atomic mass is 10.1. The van der Waals surface area contributed by atoms with Crippen molar-refractivity contribution < 1.29 is 18.8 Å². The lowest BCUT2D eigenvalue weighted by Crippen LogP contribution is -2.30. The van der Waals surface area contributed by atoms with Crippen LogP contribution >= 0.6 is 0 Å². The highest BCUT2D eigenvalue weighted by Crippen LogP contribution is 2.22. The Morgan fingerprint density at radius 2 is 1.74 bits per heavy atom. The quantitative estimate of drug-likeness (QED) is 0.615. The van der Waals surface area contributed by atoms with E-state index in [-0.39, 0.29) is 29.9 Å². The number of rotatable bonds is 7. The average molecular weight is 417 g/mol. The van der Waals surface area contributed by atoms with Gasteiger partial charge in [-0.05, 0) is 42.3 Å². The SMILES string of the molecule is O=C(Nc1cccc(NC(=O)[C@H]2CC(=O)N(CCc3ccccc3)C2)c1)c1ccco1. The van der Waals surface area contributed by atoms with E-state index in [0.29, 0.717) is 24.5 Å². The number of nitrogens with one attached hydrogen (secondary N) is 2. The lowest BCUT2D eigenvalue weighted by Gasteiger charge is -2.16. The average Bonchev–Trinajstić information content (AvgIpc) is 3.43. The van der Waals surface area contributed by atoms with Crippen LogP contribution in [0.1, 0.15) is 22.5 Å². The summed E-state index contributed by atoms with van der Waals surface area (Å²) in [4.78, 5) is 38.9. The van der Waals surface area contributed by atoms with Crippen molar-refractivity contribution in [2.75, 3.05) is 23.7 Å². The molecule has 1 atom stereocenters. The number of anilines is 2. The maximum absolute atomic E-state index is 12.7. The van der Waals surface area contributed by atoms with Gasteiger partial charge < -0.3 is 20.0 Å². The Balaban J connectivity index is 1.32. The minimum atomic E-state index is -0.398. The van der Waals surface area contributed by atoms with Gasteiger partial charge in [0, 0.05) is 30.9 Å². The van der Waals surface area contributed by atoms with Crippen LogP contribution in [0.15, 0.2) is 77.4 Å². The van der Waals surface area contributed by atoms with E-state index < -0.39 is 5.92 Å². The molecule has 0 radical (unpaired) electrons. The molecule has 3 amide bonds. The predicted octanol–water partition coefficient (Wildman–Crippen LogP) is 3.56. The highest BCUT2D eigenvalue weighted by atomic mass is 16.3. The number of benzene rings is 2. The molecule has 3 aromatic rings. The Hall–Kier alpha value is -3.87. The van der Waals surface area contributed by atoms with Crippen LogP contribution in [0.4, 0.5) is 11.4 Å². The minimum Gasteiger partial charge on any atom is -0.459 e. The van der Waals surface area contributed by atoms with Crippen molar-refractivity contribution in [3.05, 3.63) is 84.3 Å². The highest BCUT2D eigenvalue weighted by molar-refractivity contribution is 6.03. The summed E-state index contributed by atoms with van der Waals surface area (Å²) < 4.78 is 5.08. The van der Waals surface area contributed by atoms with Crippen LogP contribution in [-0.2, 0) is 16.0 Å². The molecule has 1 aromatic heterocycles. The molecule has 7 nitrogen and oxygen atoms in total. The van der Waals surface area contributed by atoms with Crippen molar-refractivity contribution >= 4 is 29.1 Å². The van der Waals surface area contributed by atoms with Gasteiger partial charge in [0.25, 0.3) is 5.91 Å². The third-order valence-electron chi connectivity index (χ3n) is 5.23. The molecule has 0 saturated carbocycles. The van der Waals surface area contributed by atoms with E-state index in [1.165, 1.54) is 6.26 Å². The summed E-state index contributed by atoms with van der Waals surface area (Å²) in [6, 6.07) is 20.0. The number of hydrogen-bond acceptors (Lipinski definition) is 4. The molecule has 0 aliphatic carbocycles. The second kappa shape index (κ2) is 9.30. The van der Waals surface area contributed by atoms with Crippen molar-refractivity contribution in [3.8, 4) is 0 Å². The molecule has 0 spiro atoms. The fourth-order valence-corrected chi connectivity index (χ4v) is 3.59. The van der Waals surface area contributed by atoms with Crippen LogP contribution in [0.25, 0.3) is 0 Å². The summed E-state index contributed by atoms with van der Waals surface area (Å²) >= 11 is 0. The summed E-state index contributed by atoms with van der Waals surface area (Å²) in [5.74, 6) is -0.774. The van der Waals surface area contributed by atoms with E-state index >= 15 is 0 Å². The molecule has 158 valence electrons. The number of likely N-dealkylation sites (tertiary alicyclic amines) is 1. The Bertz CT molecular complexity index is 1060. The summed E-state index contributed by atoms with van der Waals surface area (Å²) in [5.41, 5.74) is 2.25. The first-order valence-electron chi connectivity index (χ1n) is 10.2. The molecule has 31 heavy (non-hydrogen) atoms. The Morgan fingerprint density at radius 3 is 2.48 bits per heavy atom. The van der Waals surface area contributed by atoms with E-state index in [9.17, 15) is 14.4 Å². The van der Waals surface area contributed by atoms with Crippen LogP contribution in [0.2, 0.25) is 0 Å². The number of furan rings is 1. The molecule has 4 rings (SSSR count). The molecule has 7 heteroatoms. The van der Waals surface area contributed by atoms with Gasteiger partial charge in [0.1, 0.15) is 0 Å². The van der Waals surface area contributed by atoms with Gasteiger partial charge in [0.2, 0.25) is 11.8 Å². The van der Waals surface area contributed by atoms with Crippen LogP contribution in [0.3, 0.4) is 0 Å². The number of nitrogens with zero attached hydrogens (tertiary/aromatic N) is 1. The molecular weight excluding hydrogens is 394 g/mol. The van der Waals surface area contributed by atoms with Gasteiger partial charge in [-0.1, -0.05) is 36.4 Å². The summed E-state index contributed by atoms with van der Waals surface area (Å²) in [5, 5.41) is 5.58. The van der Waals surface area contributed by atoms with Crippen LogP contribution in [-0.4, -0.2) is 35.7 Å². The zero-order valence-electron chi connectivity index (χ0n) is 16.9. The van der Waals surface area contributed by atoms with Gasteiger partial charge >= 0.3 is 0 Å². The fourth-order valence-electron chi connectivity index (χ4n) is 3.59. The molecule has 1 fully saturated rings. The van der Waals surface area contributed by atoms with Crippen LogP contribution < -0.4 is 10.6 Å². The van der Waals surface area contributed by atoms with Gasteiger partial charge in [0.15, 0.2) is 5.76 Å². The summed E-state index contributed by atoms with van der Waals surface area (Å²) in [6.45, 7) is 1.01. The normalized spacial score (nSPS) is 15.7. The Kier molecular flexibility index (Phi) is 6.12. The number of carbonyl (C=O) groups excluding carboxylic acids is 3. The third kappa shape index (κ3) is 5.19. The maximum atomic E-state index is 12.7. The first-order valence-corrected chi connectivity index (χ1v) is 10.2. The summed E-state index contributed by atoms with van der Waals surface area (Å²) in [6.07, 6.45) is 2.39. The first-order chi connectivity index (χ1) is 15.1. The van der Waals surface area contributed by atoms with Crippen molar-refractivity contribution in [2.24, 2.45) is 5.92 Å². The van der Waals surface area contributed by atoms with E-state index in [1.807, 2.05) is 30.3 Å². The fraction of sp³-hybridized carbons (Fsp3) is 0.208. The number of amides is 3. The number of carbonyl (C=O) groups is 3. The molecule has 1 aliphatic heterocycles. The van der Waals surface area contributed by atoms with Crippen molar-refractivity contribution in [3.63, 3.8) is 0 Å². The molecule has 1 aliphatic rings. The second-order valence-corrected chi connectivity index (χ2v) is 7.48. The Labute approximate surface area is 180 Å².